The highest BCUT2D eigenvalue weighted by Gasteiger charge is 2.28. The highest BCUT2D eigenvalue weighted by molar-refractivity contribution is 5.92. The molecule has 0 bridgehead atoms. The molecule has 0 aromatic carbocycles. The molecular weight excluding hydrogens is 430 g/mol. The first-order valence-corrected chi connectivity index (χ1v) is 12.0. The Morgan fingerprint density at radius 2 is 1.76 bits per heavy atom. The molecule has 0 radical (unpaired) electrons. The van der Waals surface area contributed by atoms with Crippen LogP contribution in [0.25, 0.3) is 11.2 Å². The quantitative estimate of drug-likeness (QED) is 0.550. The summed E-state index contributed by atoms with van der Waals surface area (Å²) >= 11 is 0. The van der Waals surface area contributed by atoms with Crippen LogP contribution in [0.5, 0.6) is 0 Å². The van der Waals surface area contributed by atoms with Gasteiger partial charge in [-0.2, -0.15) is 0 Å². The lowest BCUT2D eigenvalue weighted by Crippen LogP contribution is -2.31. The van der Waals surface area contributed by atoms with Crippen molar-refractivity contribution in [3.8, 4) is 0 Å². The fraction of sp³-hybridized carbons (Fsp3) is 0.520. The summed E-state index contributed by atoms with van der Waals surface area (Å²) in [5.74, 6) is 1.29. The summed E-state index contributed by atoms with van der Waals surface area (Å²) in [7, 11) is 7.94. The van der Waals surface area contributed by atoms with Gasteiger partial charge in [0.15, 0.2) is 5.65 Å². The van der Waals surface area contributed by atoms with E-state index in [4.69, 9.17) is 4.98 Å². The smallest absolute Gasteiger partial charge is 0.330 e. The molecule has 1 aliphatic carbocycles. The molecule has 1 aliphatic rings. The summed E-state index contributed by atoms with van der Waals surface area (Å²) in [6, 6.07) is 7.57. The second-order valence-corrected chi connectivity index (χ2v) is 9.63. The van der Waals surface area contributed by atoms with Gasteiger partial charge in [-0.25, -0.2) is 9.78 Å². The largest absolute Gasteiger partial charge is 0.358 e. The summed E-state index contributed by atoms with van der Waals surface area (Å²) < 4.78 is 3.50. The molecule has 182 valence electrons. The Kier molecular flexibility index (Phi) is 7.31. The molecule has 34 heavy (non-hydrogen) atoms. The zero-order valence-electron chi connectivity index (χ0n) is 20.6. The van der Waals surface area contributed by atoms with E-state index in [1.807, 2.05) is 23.7 Å². The molecule has 0 atom stereocenters. The maximum absolute atomic E-state index is 13.0. The van der Waals surface area contributed by atoms with E-state index in [1.54, 1.807) is 36.1 Å². The average molecular weight is 466 g/mol. The molecule has 9 nitrogen and oxygen atoms in total. The van der Waals surface area contributed by atoms with Crippen LogP contribution in [0.15, 0.2) is 41.5 Å². The van der Waals surface area contributed by atoms with Crippen molar-refractivity contribution >= 4 is 28.6 Å². The Balaban J connectivity index is 1.43. The van der Waals surface area contributed by atoms with Crippen LogP contribution in [0, 0.1) is 11.8 Å². The molecule has 3 heterocycles. The van der Waals surface area contributed by atoms with Crippen LogP contribution in [0.1, 0.15) is 25.7 Å². The number of amides is 1. The van der Waals surface area contributed by atoms with Crippen LogP contribution in [-0.4, -0.2) is 64.1 Å². The van der Waals surface area contributed by atoms with E-state index in [2.05, 4.69) is 34.2 Å². The van der Waals surface area contributed by atoms with Crippen LogP contribution >= 0.6 is 0 Å². The van der Waals surface area contributed by atoms with Crippen molar-refractivity contribution in [2.24, 2.45) is 18.9 Å². The zero-order chi connectivity index (χ0) is 24.2. The Hall–Kier alpha value is -3.20. The number of likely N-dealkylation sites (N-methyl/N-ethyl adjacent to an activating group) is 2. The second-order valence-electron chi connectivity index (χ2n) is 9.63. The molecule has 1 fully saturated rings. The molecule has 0 aliphatic heterocycles. The predicted octanol–water partition coefficient (Wildman–Crippen LogP) is 2.57. The molecule has 4 rings (SSSR count). The Morgan fingerprint density at radius 3 is 2.44 bits per heavy atom. The topological polar surface area (TPSA) is 88.3 Å². The third kappa shape index (κ3) is 5.30. The number of fused-ring (bicyclic) bond motifs is 1. The number of hydrogen-bond donors (Lipinski definition) is 1. The lowest BCUT2D eigenvalue weighted by atomic mass is 9.81. The van der Waals surface area contributed by atoms with E-state index in [0.29, 0.717) is 12.5 Å². The van der Waals surface area contributed by atoms with Crippen LogP contribution in [0.3, 0.4) is 0 Å². The number of pyridine rings is 2. The van der Waals surface area contributed by atoms with Crippen LogP contribution < -0.4 is 15.9 Å². The minimum Gasteiger partial charge on any atom is -0.358 e. The van der Waals surface area contributed by atoms with Crippen molar-refractivity contribution in [1.29, 1.82) is 0 Å². The molecule has 3 aromatic heterocycles. The van der Waals surface area contributed by atoms with Crippen molar-refractivity contribution in [2.75, 3.05) is 44.4 Å². The number of nitrogens with one attached hydrogen (secondary N) is 1. The monoisotopic (exact) mass is 465 g/mol. The van der Waals surface area contributed by atoms with Crippen molar-refractivity contribution in [3.05, 3.63) is 47.1 Å². The van der Waals surface area contributed by atoms with Gasteiger partial charge in [-0.3, -0.25) is 18.9 Å². The molecule has 0 unspecified atom stereocenters. The predicted molar refractivity (Wildman–Crippen MR) is 135 cm³/mol. The van der Waals surface area contributed by atoms with Gasteiger partial charge in [-0.15, -0.1) is 0 Å². The normalized spacial score (nSPS) is 18.4. The lowest BCUT2D eigenvalue weighted by Gasteiger charge is -2.28. The van der Waals surface area contributed by atoms with Gasteiger partial charge in [0.1, 0.15) is 5.82 Å². The standard InChI is InChI=1S/C25H35N7O2/c1-29(2)15-16-30(3)22-10-9-21-23(28-22)32(25(34)31(21)4)17-18-5-7-19(8-6-18)24(33)27-20-11-13-26-14-12-20/h9-14,18-19H,5-8,15-17H2,1-4H3,(H,26,27,33)/t18-,19-. The molecule has 3 aromatic rings. The van der Waals surface area contributed by atoms with Gasteiger partial charge in [-0.05, 0) is 70.0 Å². The minimum absolute atomic E-state index is 0.00345. The van der Waals surface area contributed by atoms with Crippen LogP contribution in [-0.2, 0) is 18.4 Å². The zero-order valence-corrected chi connectivity index (χ0v) is 20.6. The number of anilines is 2. The Bertz CT molecular complexity index is 1180. The van der Waals surface area contributed by atoms with Crippen molar-refractivity contribution in [1.82, 2.24) is 24.0 Å². The van der Waals surface area contributed by atoms with E-state index in [0.717, 1.165) is 61.4 Å². The summed E-state index contributed by atoms with van der Waals surface area (Å²) in [4.78, 5) is 38.8. The highest BCUT2D eigenvalue weighted by Crippen LogP contribution is 2.31. The maximum Gasteiger partial charge on any atom is 0.330 e. The SMILES string of the molecule is CN(C)CCN(C)c1ccc2c(n1)n(C[C@H]1CC[C@H](C(=O)Nc3ccncc3)CC1)c(=O)n2C. The number of aryl methyl sites for hydroxylation is 1. The van der Waals surface area contributed by atoms with E-state index in [9.17, 15) is 9.59 Å². The third-order valence-electron chi connectivity index (χ3n) is 6.85. The van der Waals surface area contributed by atoms with Crippen molar-refractivity contribution in [2.45, 2.75) is 32.2 Å². The molecule has 9 heteroatoms. The summed E-state index contributed by atoms with van der Waals surface area (Å²) in [6.45, 7) is 2.41. The second kappa shape index (κ2) is 10.4. The number of hydrogen-bond acceptors (Lipinski definition) is 6. The van der Waals surface area contributed by atoms with Gasteiger partial charge in [0.25, 0.3) is 0 Å². The number of carbonyl (C=O) groups is 1. The number of carbonyl (C=O) groups excluding carboxylic acids is 1. The molecule has 0 saturated heterocycles. The summed E-state index contributed by atoms with van der Waals surface area (Å²) in [5.41, 5.74) is 2.33. The lowest BCUT2D eigenvalue weighted by molar-refractivity contribution is -0.121. The third-order valence-corrected chi connectivity index (χ3v) is 6.85. The van der Waals surface area contributed by atoms with Gasteiger partial charge in [0, 0.05) is 57.7 Å². The number of nitrogens with zero attached hydrogens (tertiary/aromatic N) is 6. The number of imidazole rings is 1. The molecule has 1 amide bonds. The highest BCUT2D eigenvalue weighted by atomic mass is 16.2. The van der Waals surface area contributed by atoms with Gasteiger partial charge in [0.2, 0.25) is 5.91 Å². The Morgan fingerprint density at radius 1 is 1.06 bits per heavy atom. The van der Waals surface area contributed by atoms with Crippen molar-refractivity contribution < 1.29 is 4.79 Å². The first kappa shape index (κ1) is 23.9. The first-order valence-electron chi connectivity index (χ1n) is 12.0. The molecule has 1 saturated carbocycles. The average Bonchev–Trinajstić information content (AvgIpc) is 3.07. The Labute approximate surface area is 200 Å². The van der Waals surface area contributed by atoms with Gasteiger partial charge >= 0.3 is 5.69 Å². The minimum atomic E-state index is -0.0341. The van der Waals surface area contributed by atoms with E-state index >= 15 is 0 Å². The maximum atomic E-state index is 13.0. The van der Waals surface area contributed by atoms with E-state index in [1.165, 1.54) is 0 Å². The fourth-order valence-corrected chi connectivity index (χ4v) is 4.65. The summed E-state index contributed by atoms with van der Waals surface area (Å²) in [5, 5.41) is 2.99. The molecule has 1 N–H and O–H groups in total. The van der Waals surface area contributed by atoms with Gasteiger partial charge in [0.05, 0.1) is 5.52 Å². The van der Waals surface area contributed by atoms with Crippen LogP contribution in [0.4, 0.5) is 11.5 Å². The first-order chi connectivity index (χ1) is 16.3. The van der Waals surface area contributed by atoms with Crippen LogP contribution in [0.2, 0.25) is 0 Å². The van der Waals surface area contributed by atoms with Crippen molar-refractivity contribution in [3.63, 3.8) is 0 Å². The fourth-order valence-electron chi connectivity index (χ4n) is 4.65. The number of rotatable bonds is 8. The summed E-state index contributed by atoms with van der Waals surface area (Å²) in [6.07, 6.45) is 6.83. The number of aromatic nitrogens is 4. The molecular formula is C25H35N7O2. The van der Waals surface area contributed by atoms with E-state index in [-0.39, 0.29) is 17.5 Å². The van der Waals surface area contributed by atoms with Gasteiger partial charge < -0.3 is 15.1 Å². The molecule has 0 spiro atoms. The van der Waals surface area contributed by atoms with E-state index < -0.39 is 0 Å². The van der Waals surface area contributed by atoms with Gasteiger partial charge in [-0.1, -0.05) is 0 Å².